The number of carboxylic acids is 1. The van der Waals surface area contributed by atoms with Crippen LogP contribution in [0.4, 0.5) is 0 Å². The van der Waals surface area contributed by atoms with Gasteiger partial charge in [0.05, 0.1) is 12.8 Å². The molecule has 0 aliphatic heterocycles. The van der Waals surface area contributed by atoms with Crippen LogP contribution < -0.4 is 5.32 Å². The molecule has 1 aliphatic rings. The van der Waals surface area contributed by atoms with E-state index in [1.807, 2.05) is 0 Å². The van der Waals surface area contributed by atoms with Gasteiger partial charge in [0, 0.05) is 6.04 Å². The van der Waals surface area contributed by atoms with Crippen molar-refractivity contribution >= 4 is 11.9 Å². The molecule has 4 nitrogen and oxygen atoms in total. The third-order valence-corrected chi connectivity index (χ3v) is 2.37. The highest BCUT2D eigenvalue weighted by molar-refractivity contribution is 5.80. The van der Waals surface area contributed by atoms with E-state index >= 15 is 0 Å². The first-order valence-electron chi connectivity index (χ1n) is 4.38. The highest BCUT2D eigenvalue weighted by Gasteiger charge is 2.26. The highest BCUT2D eigenvalue weighted by Crippen LogP contribution is 2.24. The van der Waals surface area contributed by atoms with Crippen LogP contribution in [0.25, 0.3) is 0 Å². The number of carbonyl (C=O) groups excluding carboxylic acids is 1. The maximum atomic E-state index is 10.6. The Morgan fingerprint density at radius 1 is 1.38 bits per heavy atom. The lowest BCUT2D eigenvalue weighted by atomic mass is 9.86. The number of hydrogen-bond donors (Lipinski definition) is 2. The van der Waals surface area contributed by atoms with Crippen molar-refractivity contribution in [3.63, 3.8) is 0 Å². The minimum absolute atomic E-state index is 0.0626. The Morgan fingerprint density at radius 2 is 2.08 bits per heavy atom. The van der Waals surface area contributed by atoms with Crippen LogP contribution in [0.15, 0.2) is 0 Å². The summed E-state index contributed by atoms with van der Waals surface area (Å²) in [5, 5.41) is 11.3. The molecule has 1 fully saturated rings. The third kappa shape index (κ3) is 3.05. The number of amides is 1. The van der Waals surface area contributed by atoms with Crippen molar-refractivity contribution < 1.29 is 14.7 Å². The summed E-state index contributed by atoms with van der Waals surface area (Å²) in [5.74, 6) is -1.68. The van der Waals surface area contributed by atoms with Gasteiger partial charge in [-0.25, -0.2) is 0 Å². The molecule has 0 bridgehead atoms. The van der Waals surface area contributed by atoms with Crippen molar-refractivity contribution in [1.29, 1.82) is 0 Å². The zero-order valence-corrected chi connectivity index (χ0v) is 7.32. The predicted octanol–water partition coefficient (Wildman–Crippen LogP) is 0.457. The molecule has 1 amide bonds. The lowest BCUT2D eigenvalue weighted by Gasteiger charge is -2.26. The normalized spacial score (nSPS) is 28.1. The smallest absolute Gasteiger partial charge is 0.306 e. The summed E-state index contributed by atoms with van der Waals surface area (Å²) in [7, 11) is 0. The number of hydrogen-bond acceptors (Lipinski definition) is 2. The molecule has 13 heavy (non-hydrogen) atoms. The van der Waals surface area contributed by atoms with Gasteiger partial charge in [-0.05, 0) is 19.3 Å². The Labute approximate surface area is 77.3 Å². The molecule has 0 aromatic heterocycles. The number of rotatable bonds is 2. The van der Waals surface area contributed by atoms with Crippen molar-refractivity contribution in [2.24, 2.45) is 5.92 Å². The van der Waals surface area contributed by atoms with Crippen LogP contribution in [0.2, 0.25) is 0 Å². The fourth-order valence-corrected chi connectivity index (χ4v) is 1.75. The molecule has 2 radical (unpaired) electrons. The molecule has 0 aromatic rings. The van der Waals surface area contributed by atoms with Crippen LogP contribution in [-0.2, 0) is 9.59 Å². The summed E-state index contributed by atoms with van der Waals surface area (Å²) in [6, 6.07) is -0.0626. The molecule has 1 saturated carbocycles. The summed E-state index contributed by atoms with van der Waals surface area (Å²) in [5.41, 5.74) is 0. The van der Waals surface area contributed by atoms with Crippen molar-refractivity contribution in [2.45, 2.75) is 31.7 Å². The third-order valence-electron chi connectivity index (χ3n) is 2.37. The number of carboxylic acid groups (broad SMARTS) is 1. The first-order valence-corrected chi connectivity index (χ1v) is 4.38. The van der Waals surface area contributed by atoms with E-state index < -0.39 is 11.9 Å². The second kappa shape index (κ2) is 4.25. The number of aliphatic carboxylic acids is 1. The topological polar surface area (TPSA) is 66.4 Å². The van der Waals surface area contributed by atoms with Gasteiger partial charge in [-0.2, -0.15) is 0 Å². The maximum Gasteiger partial charge on any atom is 0.306 e. The second-order valence-corrected chi connectivity index (χ2v) is 3.41. The largest absolute Gasteiger partial charge is 0.481 e. The molecule has 4 heteroatoms. The van der Waals surface area contributed by atoms with Crippen LogP contribution in [0.1, 0.15) is 25.7 Å². The van der Waals surface area contributed by atoms with Crippen LogP contribution in [0.3, 0.4) is 0 Å². The SMILES string of the molecule is [CH]C(=O)NC1CCCC(C(=O)O)C1. The van der Waals surface area contributed by atoms with Crippen molar-refractivity contribution in [2.75, 3.05) is 0 Å². The molecule has 72 valence electrons. The monoisotopic (exact) mass is 183 g/mol. The first-order chi connectivity index (χ1) is 6.09. The van der Waals surface area contributed by atoms with E-state index in [1.165, 1.54) is 0 Å². The Morgan fingerprint density at radius 3 is 2.62 bits per heavy atom. The van der Waals surface area contributed by atoms with Crippen molar-refractivity contribution in [3.8, 4) is 0 Å². The van der Waals surface area contributed by atoms with E-state index in [2.05, 4.69) is 5.32 Å². The molecule has 1 rings (SSSR count). The Bertz CT molecular complexity index is 215. The molecule has 2 N–H and O–H groups in total. The molecular formula is C9H13NO3. The van der Waals surface area contributed by atoms with E-state index in [-0.39, 0.29) is 12.0 Å². The molecule has 0 heterocycles. The molecule has 1 aliphatic carbocycles. The van der Waals surface area contributed by atoms with Gasteiger partial charge in [0.2, 0.25) is 5.91 Å². The lowest BCUT2D eigenvalue weighted by Crippen LogP contribution is -2.38. The van der Waals surface area contributed by atoms with Gasteiger partial charge in [-0.3, -0.25) is 9.59 Å². The molecule has 0 saturated heterocycles. The zero-order chi connectivity index (χ0) is 9.84. The standard InChI is InChI=1S/C9H13NO3/c1-6(11)10-8-4-2-3-7(5-8)9(12)13/h1,7-8H,2-5H2,(H,10,11)(H,12,13). The van der Waals surface area contributed by atoms with Gasteiger partial charge in [-0.15, -0.1) is 0 Å². The fourth-order valence-electron chi connectivity index (χ4n) is 1.75. The Hall–Kier alpha value is -1.06. The minimum Gasteiger partial charge on any atom is -0.481 e. The second-order valence-electron chi connectivity index (χ2n) is 3.41. The molecule has 2 unspecified atom stereocenters. The molecule has 0 aromatic carbocycles. The van der Waals surface area contributed by atoms with Crippen molar-refractivity contribution in [3.05, 3.63) is 6.92 Å². The van der Waals surface area contributed by atoms with Crippen LogP contribution >= 0.6 is 0 Å². The minimum atomic E-state index is -0.782. The van der Waals surface area contributed by atoms with E-state index in [4.69, 9.17) is 12.0 Å². The van der Waals surface area contributed by atoms with Gasteiger partial charge < -0.3 is 10.4 Å². The van der Waals surface area contributed by atoms with Crippen LogP contribution in [-0.4, -0.2) is 23.0 Å². The summed E-state index contributed by atoms with van der Waals surface area (Å²) >= 11 is 0. The summed E-state index contributed by atoms with van der Waals surface area (Å²) in [4.78, 5) is 21.1. The van der Waals surface area contributed by atoms with Gasteiger partial charge in [0.25, 0.3) is 0 Å². The van der Waals surface area contributed by atoms with Gasteiger partial charge in [0.15, 0.2) is 0 Å². The lowest BCUT2D eigenvalue weighted by molar-refractivity contribution is -0.143. The fraction of sp³-hybridized carbons (Fsp3) is 0.667. The summed E-state index contributed by atoms with van der Waals surface area (Å²) in [6.45, 7) is 4.95. The average Bonchev–Trinajstić information content (AvgIpc) is 2.03. The molecule has 2 atom stereocenters. The molecule has 0 spiro atoms. The number of carbonyl (C=O) groups is 2. The highest BCUT2D eigenvalue weighted by atomic mass is 16.4. The maximum absolute atomic E-state index is 10.6. The van der Waals surface area contributed by atoms with E-state index in [9.17, 15) is 9.59 Å². The number of nitrogens with one attached hydrogen (secondary N) is 1. The quantitative estimate of drug-likeness (QED) is 0.653. The predicted molar refractivity (Wildman–Crippen MR) is 45.8 cm³/mol. The zero-order valence-electron chi connectivity index (χ0n) is 7.32. The molecular weight excluding hydrogens is 170 g/mol. The first kappa shape index (κ1) is 10.0. The van der Waals surface area contributed by atoms with Gasteiger partial charge >= 0.3 is 5.97 Å². The Kier molecular flexibility index (Phi) is 3.28. The summed E-state index contributed by atoms with van der Waals surface area (Å²) < 4.78 is 0. The summed E-state index contributed by atoms with van der Waals surface area (Å²) in [6.07, 6.45) is 2.86. The average molecular weight is 183 g/mol. The van der Waals surface area contributed by atoms with Crippen LogP contribution in [0, 0.1) is 12.8 Å². The van der Waals surface area contributed by atoms with Crippen molar-refractivity contribution in [1.82, 2.24) is 5.32 Å². The van der Waals surface area contributed by atoms with Gasteiger partial charge in [0.1, 0.15) is 0 Å². The Balaban J connectivity index is 2.41. The van der Waals surface area contributed by atoms with Crippen LogP contribution in [0.5, 0.6) is 0 Å². The van der Waals surface area contributed by atoms with E-state index in [0.29, 0.717) is 12.8 Å². The van der Waals surface area contributed by atoms with Gasteiger partial charge in [-0.1, -0.05) is 6.42 Å². The van der Waals surface area contributed by atoms with E-state index in [1.54, 1.807) is 0 Å². The van der Waals surface area contributed by atoms with E-state index in [0.717, 1.165) is 12.8 Å².